The van der Waals surface area contributed by atoms with Gasteiger partial charge >= 0.3 is 5.97 Å². The molecule has 0 spiro atoms. The summed E-state index contributed by atoms with van der Waals surface area (Å²) in [5.41, 5.74) is 7.43. The predicted molar refractivity (Wildman–Crippen MR) is 63.4 cm³/mol. The van der Waals surface area contributed by atoms with Gasteiger partial charge in [-0.25, -0.2) is 0 Å². The fraction of sp³-hybridized carbons (Fsp3) is 0.182. The van der Waals surface area contributed by atoms with Crippen molar-refractivity contribution in [1.82, 2.24) is 4.98 Å². The van der Waals surface area contributed by atoms with E-state index >= 15 is 0 Å². The fourth-order valence-electron chi connectivity index (χ4n) is 1.62. The van der Waals surface area contributed by atoms with Gasteiger partial charge in [-0.15, -0.1) is 0 Å². The molecule has 0 bridgehead atoms. The van der Waals surface area contributed by atoms with Crippen molar-refractivity contribution in [2.24, 2.45) is 5.73 Å². The van der Waals surface area contributed by atoms with E-state index in [4.69, 9.17) is 10.8 Å². The zero-order valence-corrected chi connectivity index (χ0v) is 11.1. The molecule has 1 heterocycles. The van der Waals surface area contributed by atoms with Crippen LogP contribution in [-0.2, 0) is 11.2 Å². The third-order valence-electron chi connectivity index (χ3n) is 2.43. The number of para-hydroxylation sites is 1. The Kier molecular flexibility index (Phi) is 4.56. The minimum Gasteiger partial charge on any atom is -0.480 e. The van der Waals surface area contributed by atoms with Gasteiger partial charge in [-0.2, -0.15) is 0 Å². The SMILES string of the molecule is NC(Cc1c[nH]c2ccccc12)C(=O)O.[Na]. The molecular formula is C11H12N2NaO2. The van der Waals surface area contributed by atoms with Crippen molar-refractivity contribution in [3.8, 4) is 0 Å². The predicted octanol–water partition coefficient (Wildman–Crippen LogP) is 0.742. The Morgan fingerprint density at radius 2 is 2.12 bits per heavy atom. The summed E-state index contributed by atoms with van der Waals surface area (Å²) in [5, 5.41) is 9.75. The van der Waals surface area contributed by atoms with Gasteiger partial charge in [0.25, 0.3) is 0 Å². The molecule has 1 aromatic carbocycles. The van der Waals surface area contributed by atoms with Gasteiger partial charge in [0.15, 0.2) is 0 Å². The number of carboxylic acid groups (broad SMARTS) is 1. The molecule has 4 N–H and O–H groups in total. The number of aliphatic carboxylic acids is 1. The van der Waals surface area contributed by atoms with Gasteiger partial charge < -0.3 is 15.8 Å². The average Bonchev–Trinajstić information content (AvgIpc) is 2.62. The number of H-pyrrole nitrogens is 1. The minimum absolute atomic E-state index is 0. The Labute approximate surface area is 115 Å². The van der Waals surface area contributed by atoms with Crippen LogP contribution in [0.5, 0.6) is 0 Å². The first-order chi connectivity index (χ1) is 7.18. The van der Waals surface area contributed by atoms with Crippen molar-refractivity contribution in [3.05, 3.63) is 36.0 Å². The molecular weight excluding hydrogens is 215 g/mol. The van der Waals surface area contributed by atoms with E-state index in [1.807, 2.05) is 30.5 Å². The first-order valence-corrected chi connectivity index (χ1v) is 4.72. The number of aromatic nitrogens is 1. The van der Waals surface area contributed by atoms with E-state index in [-0.39, 0.29) is 29.6 Å². The van der Waals surface area contributed by atoms with Crippen LogP contribution in [0.4, 0.5) is 0 Å². The summed E-state index contributed by atoms with van der Waals surface area (Å²) in [6.45, 7) is 0. The van der Waals surface area contributed by atoms with Gasteiger partial charge in [-0.05, 0) is 11.6 Å². The van der Waals surface area contributed by atoms with Crippen LogP contribution in [0, 0.1) is 0 Å². The maximum Gasteiger partial charge on any atom is 0.320 e. The fourth-order valence-corrected chi connectivity index (χ4v) is 1.62. The van der Waals surface area contributed by atoms with E-state index in [1.165, 1.54) is 0 Å². The molecule has 1 atom stereocenters. The topological polar surface area (TPSA) is 79.1 Å². The summed E-state index contributed by atoms with van der Waals surface area (Å²) in [5.74, 6) is -0.972. The van der Waals surface area contributed by atoms with Crippen LogP contribution in [0.2, 0.25) is 0 Å². The van der Waals surface area contributed by atoms with Crippen molar-refractivity contribution >= 4 is 46.4 Å². The molecule has 79 valence electrons. The summed E-state index contributed by atoms with van der Waals surface area (Å²) in [6.07, 6.45) is 2.16. The molecule has 0 aliphatic heterocycles. The van der Waals surface area contributed by atoms with Crippen molar-refractivity contribution in [2.45, 2.75) is 12.5 Å². The third-order valence-corrected chi connectivity index (χ3v) is 2.43. The van der Waals surface area contributed by atoms with E-state index in [2.05, 4.69) is 4.98 Å². The smallest absolute Gasteiger partial charge is 0.320 e. The van der Waals surface area contributed by atoms with Crippen LogP contribution in [0.3, 0.4) is 0 Å². The molecule has 4 nitrogen and oxygen atoms in total. The molecule has 5 heteroatoms. The van der Waals surface area contributed by atoms with Gasteiger partial charge in [0.2, 0.25) is 0 Å². The zero-order valence-electron chi connectivity index (χ0n) is 9.10. The largest absolute Gasteiger partial charge is 0.480 e. The van der Waals surface area contributed by atoms with Crippen molar-refractivity contribution in [1.29, 1.82) is 0 Å². The van der Waals surface area contributed by atoms with E-state index in [1.54, 1.807) is 0 Å². The quantitative estimate of drug-likeness (QED) is 0.677. The van der Waals surface area contributed by atoms with Crippen LogP contribution in [-0.4, -0.2) is 51.7 Å². The monoisotopic (exact) mass is 227 g/mol. The molecule has 0 saturated carbocycles. The molecule has 1 aromatic heterocycles. The Hall–Kier alpha value is -0.810. The summed E-state index contributed by atoms with van der Waals surface area (Å²) in [7, 11) is 0. The third kappa shape index (κ3) is 2.65. The number of nitrogens with two attached hydrogens (primary N) is 1. The first kappa shape index (κ1) is 13.3. The van der Waals surface area contributed by atoms with Crippen LogP contribution < -0.4 is 5.73 Å². The number of hydrogen-bond donors (Lipinski definition) is 3. The van der Waals surface area contributed by atoms with Crippen molar-refractivity contribution in [3.63, 3.8) is 0 Å². The van der Waals surface area contributed by atoms with E-state index < -0.39 is 12.0 Å². The summed E-state index contributed by atoms with van der Waals surface area (Å²) in [6, 6.07) is 6.91. The van der Waals surface area contributed by atoms with E-state index in [9.17, 15) is 4.79 Å². The maximum absolute atomic E-state index is 10.6. The van der Waals surface area contributed by atoms with Gasteiger partial charge in [-0.1, -0.05) is 18.2 Å². The Bertz CT molecular complexity index is 495. The minimum atomic E-state index is -0.972. The number of aromatic amines is 1. The number of hydrogen-bond acceptors (Lipinski definition) is 2. The summed E-state index contributed by atoms with van der Waals surface area (Å²) in [4.78, 5) is 13.7. The normalized spacial score (nSPS) is 12.1. The number of carboxylic acids is 1. The molecule has 16 heavy (non-hydrogen) atoms. The number of carbonyl (C=O) groups is 1. The second-order valence-electron chi connectivity index (χ2n) is 3.51. The van der Waals surface area contributed by atoms with Gasteiger partial charge in [0, 0.05) is 53.1 Å². The molecule has 2 rings (SSSR count). The number of rotatable bonds is 3. The summed E-state index contributed by atoms with van der Waals surface area (Å²) < 4.78 is 0. The average molecular weight is 227 g/mol. The first-order valence-electron chi connectivity index (χ1n) is 4.72. The van der Waals surface area contributed by atoms with E-state index in [0.717, 1.165) is 16.5 Å². The van der Waals surface area contributed by atoms with Crippen molar-refractivity contribution in [2.75, 3.05) is 0 Å². The van der Waals surface area contributed by atoms with Crippen LogP contribution in [0.15, 0.2) is 30.5 Å². The van der Waals surface area contributed by atoms with Gasteiger partial charge in [-0.3, -0.25) is 4.79 Å². The van der Waals surface area contributed by atoms with Crippen molar-refractivity contribution < 1.29 is 9.90 Å². The Balaban J connectivity index is 0.00000128. The Morgan fingerprint density at radius 3 is 2.81 bits per heavy atom. The van der Waals surface area contributed by atoms with E-state index in [0.29, 0.717) is 6.42 Å². The van der Waals surface area contributed by atoms with Crippen LogP contribution in [0.1, 0.15) is 5.56 Å². The van der Waals surface area contributed by atoms with Crippen LogP contribution in [0.25, 0.3) is 10.9 Å². The van der Waals surface area contributed by atoms with Gasteiger partial charge in [0.05, 0.1) is 0 Å². The maximum atomic E-state index is 10.6. The second-order valence-corrected chi connectivity index (χ2v) is 3.51. The zero-order chi connectivity index (χ0) is 10.8. The molecule has 0 aliphatic carbocycles. The number of nitrogens with one attached hydrogen (secondary N) is 1. The second kappa shape index (κ2) is 5.50. The molecule has 0 saturated heterocycles. The molecule has 0 amide bonds. The Morgan fingerprint density at radius 1 is 1.44 bits per heavy atom. The standard InChI is InChI=1S/C11H12N2O2.Na/c12-9(11(14)15)5-7-6-13-10-4-2-1-3-8(7)10;/h1-4,6,9,13H,5,12H2,(H,14,15);. The molecule has 1 radical (unpaired) electrons. The number of fused-ring (bicyclic) bond motifs is 1. The molecule has 0 fully saturated rings. The molecule has 2 aromatic rings. The summed E-state index contributed by atoms with van der Waals surface area (Å²) >= 11 is 0. The molecule has 1 unspecified atom stereocenters. The molecule has 0 aliphatic rings. The van der Waals surface area contributed by atoms with Gasteiger partial charge in [0.1, 0.15) is 6.04 Å². The van der Waals surface area contributed by atoms with Crippen LogP contribution >= 0.6 is 0 Å². The number of benzene rings is 1.